The Labute approximate surface area is 244 Å². The van der Waals surface area contributed by atoms with Crippen LogP contribution >= 0.6 is 11.3 Å². The Kier molecular flexibility index (Phi) is 7.68. The third-order valence-electron chi connectivity index (χ3n) is 6.94. The number of nitrogens with zero attached hydrogens (tertiary/aromatic N) is 3. The van der Waals surface area contributed by atoms with Gasteiger partial charge < -0.3 is 9.84 Å². The highest BCUT2D eigenvalue weighted by molar-refractivity contribution is 7.18. The minimum absolute atomic E-state index is 0.0651. The molecule has 0 aliphatic carbocycles. The summed E-state index contributed by atoms with van der Waals surface area (Å²) in [5, 5.41) is 23.0. The molecule has 3 aromatic carbocycles. The average Bonchev–Trinajstić information content (AvgIpc) is 3.49. The quantitative estimate of drug-likeness (QED) is 0.0658. The van der Waals surface area contributed by atoms with Gasteiger partial charge in [-0.15, -0.1) is 0 Å². The summed E-state index contributed by atoms with van der Waals surface area (Å²) in [6, 6.07) is 18.5. The topological polar surface area (TPSA) is 140 Å². The Morgan fingerprint density at radius 3 is 2.43 bits per heavy atom. The zero-order valence-corrected chi connectivity index (χ0v) is 23.7. The molecule has 1 aromatic heterocycles. The number of nitro groups is 1. The molecule has 0 radical (unpaired) electrons. The minimum atomic E-state index is -1.23. The van der Waals surface area contributed by atoms with Crippen LogP contribution in [0.3, 0.4) is 0 Å². The standard InChI is InChI=1S/C31H25N3O7S/c1-17-7-4-5-8-22(17)16-41-24-13-11-20(12-14-24)27(36)25-26(21-9-6-10-23(15-21)34(39)40)33(30(38)28(25)37)31-32-18(2)29(42-31)19(3)35/h4-15,26,36H,16H2,1-3H3/b27-25+. The lowest BCUT2D eigenvalue weighted by Crippen LogP contribution is -2.29. The molecule has 1 atom stereocenters. The SMILES string of the molecule is CC(=O)c1sc(N2C(=O)C(=O)/C(=C(/O)c3ccc(OCc4ccccc4C)cc3)C2c2cccc([N+](=O)[O-])c2)nc1C. The highest BCUT2D eigenvalue weighted by atomic mass is 32.1. The van der Waals surface area contributed by atoms with E-state index in [0.717, 1.165) is 27.4 Å². The number of anilines is 1. The Bertz CT molecular complexity index is 1780. The van der Waals surface area contributed by atoms with Gasteiger partial charge in [0.15, 0.2) is 10.9 Å². The molecule has 1 unspecified atom stereocenters. The molecular formula is C31H25N3O7S. The number of benzene rings is 3. The fourth-order valence-electron chi connectivity index (χ4n) is 4.76. The number of ether oxygens (including phenoxy) is 1. The molecule has 1 aliphatic rings. The average molecular weight is 584 g/mol. The zero-order chi connectivity index (χ0) is 30.1. The van der Waals surface area contributed by atoms with Crippen molar-refractivity contribution in [2.45, 2.75) is 33.4 Å². The van der Waals surface area contributed by atoms with E-state index < -0.39 is 28.4 Å². The van der Waals surface area contributed by atoms with Crippen LogP contribution in [0.2, 0.25) is 0 Å². The lowest BCUT2D eigenvalue weighted by molar-refractivity contribution is -0.384. The second kappa shape index (κ2) is 11.4. The van der Waals surface area contributed by atoms with Gasteiger partial charge in [0, 0.05) is 24.6 Å². The number of aliphatic hydroxyl groups excluding tert-OH is 1. The number of thiazole rings is 1. The first-order valence-electron chi connectivity index (χ1n) is 12.9. The van der Waals surface area contributed by atoms with Crippen LogP contribution < -0.4 is 9.64 Å². The lowest BCUT2D eigenvalue weighted by Gasteiger charge is -2.22. The van der Waals surface area contributed by atoms with Crippen LogP contribution in [0.5, 0.6) is 5.75 Å². The Morgan fingerprint density at radius 1 is 1.07 bits per heavy atom. The van der Waals surface area contributed by atoms with Crippen LogP contribution in [-0.4, -0.2) is 32.5 Å². The fraction of sp³-hybridized carbons (Fsp3) is 0.161. The molecule has 1 fully saturated rings. The van der Waals surface area contributed by atoms with Crippen molar-refractivity contribution in [2.75, 3.05) is 4.90 Å². The van der Waals surface area contributed by atoms with Crippen molar-refractivity contribution in [2.24, 2.45) is 0 Å². The van der Waals surface area contributed by atoms with Crippen molar-refractivity contribution in [3.63, 3.8) is 0 Å². The maximum absolute atomic E-state index is 13.4. The first kappa shape index (κ1) is 28.4. The molecule has 11 heteroatoms. The molecule has 0 saturated carbocycles. The third kappa shape index (κ3) is 5.29. The van der Waals surface area contributed by atoms with Crippen molar-refractivity contribution in [3.8, 4) is 5.75 Å². The smallest absolute Gasteiger partial charge is 0.301 e. The number of aryl methyl sites for hydroxylation is 2. The molecule has 1 amide bonds. The summed E-state index contributed by atoms with van der Waals surface area (Å²) in [5.74, 6) is -2.15. The molecule has 1 saturated heterocycles. The number of hydrogen-bond donors (Lipinski definition) is 1. The van der Waals surface area contributed by atoms with E-state index in [1.54, 1.807) is 31.2 Å². The molecule has 5 rings (SSSR count). The summed E-state index contributed by atoms with van der Waals surface area (Å²) in [5.41, 5.74) is 2.44. The first-order valence-corrected chi connectivity index (χ1v) is 13.7. The van der Waals surface area contributed by atoms with Crippen LogP contribution in [0.1, 0.15) is 50.6 Å². The lowest BCUT2D eigenvalue weighted by atomic mass is 9.95. The maximum Gasteiger partial charge on any atom is 0.301 e. The second-order valence-corrected chi connectivity index (χ2v) is 10.7. The molecule has 4 aromatic rings. The summed E-state index contributed by atoms with van der Waals surface area (Å²) in [7, 11) is 0. The van der Waals surface area contributed by atoms with Crippen LogP contribution in [0.15, 0.2) is 78.4 Å². The normalized spacial score (nSPS) is 16.1. The Hall–Kier alpha value is -5.16. The number of carbonyl (C=O) groups is 3. The van der Waals surface area contributed by atoms with E-state index in [9.17, 15) is 29.6 Å². The largest absolute Gasteiger partial charge is 0.507 e. The van der Waals surface area contributed by atoms with E-state index in [1.807, 2.05) is 31.2 Å². The van der Waals surface area contributed by atoms with Gasteiger partial charge in [0.25, 0.3) is 11.5 Å². The van der Waals surface area contributed by atoms with Gasteiger partial charge in [-0.3, -0.25) is 29.4 Å². The Balaban J connectivity index is 1.57. The number of aliphatic hydroxyl groups is 1. The van der Waals surface area contributed by atoms with Crippen LogP contribution in [-0.2, 0) is 16.2 Å². The summed E-state index contributed by atoms with van der Waals surface area (Å²) >= 11 is 0.933. The van der Waals surface area contributed by atoms with Gasteiger partial charge >= 0.3 is 5.91 Å². The number of carbonyl (C=O) groups excluding carboxylic acids is 3. The van der Waals surface area contributed by atoms with Gasteiger partial charge in [0.1, 0.15) is 18.1 Å². The molecule has 0 spiro atoms. The van der Waals surface area contributed by atoms with Crippen molar-refractivity contribution in [3.05, 3.63) is 121 Å². The highest BCUT2D eigenvalue weighted by Crippen LogP contribution is 2.44. The van der Waals surface area contributed by atoms with Gasteiger partial charge in [-0.25, -0.2) is 4.98 Å². The number of non-ortho nitro benzene ring substituents is 1. The number of amides is 1. The number of aromatic nitrogens is 1. The van der Waals surface area contributed by atoms with E-state index in [0.29, 0.717) is 22.9 Å². The van der Waals surface area contributed by atoms with Gasteiger partial charge in [-0.05, 0) is 54.8 Å². The monoisotopic (exact) mass is 583 g/mol. The number of Topliss-reactive ketones (excluding diaryl/α,β-unsaturated/α-hetero) is 2. The van der Waals surface area contributed by atoms with Crippen LogP contribution in [0, 0.1) is 24.0 Å². The highest BCUT2D eigenvalue weighted by Gasteiger charge is 2.48. The summed E-state index contributed by atoms with van der Waals surface area (Å²) in [6.07, 6.45) is 0. The number of nitro benzene ring substituents is 1. The first-order chi connectivity index (χ1) is 20.1. The number of rotatable bonds is 8. The van der Waals surface area contributed by atoms with E-state index >= 15 is 0 Å². The van der Waals surface area contributed by atoms with Gasteiger partial charge in [-0.1, -0.05) is 47.7 Å². The molecule has 2 heterocycles. The predicted molar refractivity (Wildman–Crippen MR) is 157 cm³/mol. The third-order valence-corrected chi connectivity index (χ3v) is 8.19. The van der Waals surface area contributed by atoms with Crippen molar-refractivity contribution < 1.29 is 29.2 Å². The molecule has 42 heavy (non-hydrogen) atoms. The molecular weight excluding hydrogens is 558 g/mol. The van der Waals surface area contributed by atoms with Crippen LogP contribution in [0.25, 0.3) is 5.76 Å². The van der Waals surface area contributed by atoms with Gasteiger partial charge in [-0.2, -0.15) is 0 Å². The molecule has 1 N–H and O–H groups in total. The zero-order valence-electron chi connectivity index (χ0n) is 22.9. The minimum Gasteiger partial charge on any atom is -0.507 e. The number of ketones is 2. The van der Waals surface area contributed by atoms with E-state index in [1.165, 1.54) is 31.2 Å². The van der Waals surface area contributed by atoms with Gasteiger partial charge in [0.05, 0.1) is 27.1 Å². The van der Waals surface area contributed by atoms with E-state index in [2.05, 4.69) is 4.98 Å². The maximum atomic E-state index is 13.4. The van der Waals surface area contributed by atoms with Crippen molar-refractivity contribution >= 4 is 45.4 Å². The predicted octanol–water partition coefficient (Wildman–Crippen LogP) is 6.08. The molecule has 1 aliphatic heterocycles. The van der Waals surface area contributed by atoms with E-state index in [4.69, 9.17) is 4.74 Å². The summed E-state index contributed by atoms with van der Waals surface area (Å²) < 4.78 is 5.88. The second-order valence-electron chi connectivity index (χ2n) is 9.73. The Morgan fingerprint density at radius 2 is 1.79 bits per heavy atom. The summed E-state index contributed by atoms with van der Waals surface area (Å²) in [6.45, 7) is 5.30. The van der Waals surface area contributed by atoms with E-state index in [-0.39, 0.29) is 33.3 Å². The molecule has 0 bridgehead atoms. The van der Waals surface area contributed by atoms with Crippen LogP contribution in [0.4, 0.5) is 10.8 Å². The van der Waals surface area contributed by atoms with Crippen molar-refractivity contribution in [1.82, 2.24) is 4.98 Å². The summed E-state index contributed by atoms with van der Waals surface area (Å²) in [4.78, 5) is 55.6. The fourth-order valence-corrected chi connectivity index (χ4v) is 5.75. The molecule has 212 valence electrons. The van der Waals surface area contributed by atoms with Gasteiger partial charge in [0.2, 0.25) is 0 Å². The number of hydrogen-bond acceptors (Lipinski definition) is 9. The molecule has 10 nitrogen and oxygen atoms in total. The van der Waals surface area contributed by atoms with Crippen molar-refractivity contribution in [1.29, 1.82) is 0 Å².